The fourth-order valence-electron chi connectivity index (χ4n) is 2.42. The van der Waals surface area contributed by atoms with E-state index in [4.69, 9.17) is 9.47 Å². The number of anilines is 1. The average molecular weight is 370 g/mol. The molecule has 2 aromatic rings. The molecule has 142 valence electrons. The lowest BCUT2D eigenvalue weighted by molar-refractivity contribution is -0.119. The van der Waals surface area contributed by atoms with Gasteiger partial charge in [-0.25, -0.2) is 4.79 Å². The smallest absolute Gasteiger partial charge is 0.337 e. The van der Waals surface area contributed by atoms with Crippen molar-refractivity contribution in [1.29, 1.82) is 0 Å². The Hall–Kier alpha value is -3.19. The molecule has 0 unspecified atom stereocenters. The highest BCUT2D eigenvalue weighted by molar-refractivity contribution is 5.96. The first-order valence-electron chi connectivity index (χ1n) is 8.29. The first kappa shape index (κ1) is 20.1. The quantitative estimate of drug-likeness (QED) is 0.730. The van der Waals surface area contributed by atoms with Crippen LogP contribution in [-0.2, 0) is 20.8 Å². The Morgan fingerprint density at radius 2 is 1.67 bits per heavy atom. The van der Waals surface area contributed by atoms with Crippen molar-refractivity contribution in [2.45, 2.75) is 13.5 Å². The monoisotopic (exact) mass is 370 g/mol. The molecule has 2 N–H and O–H groups in total. The molecule has 0 atom stereocenters. The van der Waals surface area contributed by atoms with Crippen LogP contribution < -0.4 is 10.6 Å². The molecule has 0 fully saturated rings. The van der Waals surface area contributed by atoms with Gasteiger partial charge in [0.15, 0.2) is 0 Å². The minimum absolute atomic E-state index is 0.109. The summed E-state index contributed by atoms with van der Waals surface area (Å²) < 4.78 is 9.52. The highest BCUT2D eigenvalue weighted by Gasteiger charge is 2.12. The van der Waals surface area contributed by atoms with E-state index in [1.54, 1.807) is 24.3 Å². The van der Waals surface area contributed by atoms with E-state index >= 15 is 0 Å². The zero-order valence-electron chi connectivity index (χ0n) is 15.5. The number of rotatable bonds is 7. The fraction of sp³-hybridized carbons (Fsp3) is 0.250. The Kier molecular flexibility index (Phi) is 7.08. The fourth-order valence-corrected chi connectivity index (χ4v) is 2.42. The maximum Gasteiger partial charge on any atom is 0.337 e. The summed E-state index contributed by atoms with van der Waals surface area (Å²) in [5.41, 5.74) is 2.94. The number of amides is 2. The highest BCUT2D eigenvalue weighted by Crippen LogP contribution is 2.16. The van der Waals surface area contributed by atoms with Crippen LogP contribution in [0.2, 0.25) is 0 Å². The Labute approximate surface area is 157 Å². The Morgan fingerprint density at radius 3 is 2.30 bits per heavy atom. The number of ether oxygens (including phenoxy) is 2. The molecule has 2 aromatic carbocycles. The molecule has 0 aliphatic rings. The summed E-state index contributed by atoms with van der Waals surface area (Å²) in [5.74, 6) is -1.12. The Bertz CT molecular complexity index is 831. The molecule has 7 nitrogen and oxygen atoms in total. The third-order valence-corrected chi connectivity index (χ3v) is 3.74. The van der Waals surface area contributed by atoms with Gasteiger partial charge in [-0.1, -0.05) is 17.7 Å². The van der Waals surface area contributed by atoms with Crippen molar-refractivity contribution >= 4 is 23.5 Å². The minimum atomic E-state index is -0.538. The van der Waals surface area contributed by atoms with Gasteiger partial charge in [-0.05, 0) is 42.8 Å². The van der Waals surface area contributed by atoms with Crippen molar-refractivity contribution < 1.29 is 23.9 Å². The predicted molar refractivity (Wildman–Crippen MR) is 101 cm³/mol. The predicted octanol–water partition coefficient (Wildman–Crippen LogP) is 2.30. The SMILES string of the molecule is COCC(=O)Nc1cc(CNC(=O)c2ccc(C)cc2)cc(C(=O)OC)c1. The summed E-state index contributed by atoms with van der Waals surface area (Å²) in [6, 6.07) is 12.0. The molecule has 0 radical (unpaired) electrons. The molecule has 27 heavy (non-hydrogen) atoms. The van der Waals surface area contributed by atoms with Gasteiger partial charge in [0, 0.05) is 24.9 Å². The lowest BCUT2D eigenvalue weighted by Crippen LogP contribution is -2.23. The Morgan fingerprint density at radius 1 is 0.963 bits per heavy atom. The second-order valence-corrected chi connectivity index (χ2v) is 5.94. The van der Waals surface area contributed by atoms with Crippen LogP contribution in [0.1, 0.15) is 31.8 Å². The number of hydrogen-bond donors (Lipinski definition) is 2. The second-order valence-electron chi connectivity index (χ2n) is 5.94. The number of carbonyl (C=O) groups excluding carboxylic acids is 3. The lowest BCUT2D eigenvalue weighted by Gasteiger charge is -2.11. The first-order chi connectivity index (χ1) is 12.9. The molecular weight excluding hydrogens is 348 g/mol. The summed E-state index contributed by atoms with van der Waals surface area (Å²) in [4.78, 5) is 35.9. The molecule has 0 saturated carbocycles. The third kappa shape index (κ3) is 5.93. The molecule has 0 saturated heterocycles. The van der Waals surface area contributed by atoms with Crippen LogP contribution in [0.25, 0.3) is 0 Å². The lowest BCUT2D eigenvalue weighted by atomic mass is 10.1. The van der Waals surface area contributed by atoms with E-state index in [0.717, 1.165) is 5.56 Å². The molecule has 0 aromatic heterocycles. The minimum Gasteiger partial charge on any atom is -0.465 e. The number of carbonyl (C=O) groups is 3. The van der Waals surface area contributed by atoms with E-state index in [0.29, 0.717) is 16.8 Å². The largest absolute Gasteiger partial charge is 0.465 e. The molecule has 0 bridgehead atoms. The molecule has 0 spiro atoms. The van der Waals surface area contributed by atoms with Gasteiger partial charge in [0.05, 0.1) is 12.7 Å². The van der Waals surface area contributed by atoms with Crippen molar-refractivity contribution in [3.05, 3.63) is 64.7 Å². The van der Waals surface area contributed by atoms with Gasteiger partial charge in [0.2, 0.25) is 5.91 Å². The summed E-state index contributed by atoms with van der Waals surface area (Å²) in [5, 5.41) is 5.44. The molecule has 2 rings (SSSR count). The molecule has 0 aliphatic heterocycles. The van der Waals surface area contributed by atoms with Gasteiger partial charge in [0.1, 0.15) is 6.61 Å². The van der Waals surface area contributed by atoms with E-state index < -0.39 is 5.97 Å². The topological polar surface area (TPSA) is 93.7 Å². The number of hydrogen-bond acceptors (Lipinski definition) is 5. The van der Waals surface area contributed by atoms with Crippen molar-refractivity contribution in [1.82, 2.24) is 5.32 Å². The van der Waals surface area contributed by atoms with Crippen LogP contribution in [0.3, 0.4) is 0 Å². The summed E-state index contributed by atoms with van der Waals surface area (Å²) in [6.07, 6.45) is 0. The standard InChI is InChI=1S/C20H22N2O5/c1-13-4-6-15(7-5-13)19(24)21-11-14-8-16(20(25)27-3)10-17(9-14)22-18(23)12-26-2/h4-10H,11-12H2,1-3H3,(H,21,24)(H,22,23). The molecule has 0 heterocycles. The van der Waals surface area contributed by atoms with Gasteiger partial charge in [-0.2, -0.15) is 0 Å². The number of aryl methyl sites for hydroxylation is 1. The van der Waals surface area contributed by atoms with E-state index in [1.807, 2.05) is 19.1 Å². The summed E-state index contributed by atoms with van der Waals surface area (Å²) >= 11 is 0. The molecule has 2 amide bonds. The summed E-state index contributed by atoms with van der Waals surface area (Å²) in [6.45, 7) is 2.02. The van der Waals surface area contributed by atoms with Crippen LogP contribution in [-0.4, -0.2) is 38.6 Å². The molecular formula is C20H22N2O5. The van der Waals surface area contributed by atoms with Crippen molar-refractivity contribution in [3.63, 3.8) is 0 Å². The Balaban J connectivity index is 2.16. The number of benzene rings is 2. The maximum atomic E-state index is 12.3. The van der Waals surface area contributed by atoms with Gasteiger partial charge < -0.3 is 20.1 Å². The summed E-state index contributed by atoms with van der Waals surface area (Å²) in [7, 11) is 2.69. The number of esters is 1. The van der Waals surface area contributed by atoms with Gasteiger partial charge >= 0.3 is 5.97 Å². The van der Waals surface area contributed by atoms with Gasteiger partial charge in [-0.3, -0.25) is 9.59 Å². The van der Waals surface area contributed by atoms with Crippen molar-refractivity contribution in [3.8, 4) is 0 Å². The zero-order chi connectivity index (χ0) is 19.8. The first-order valence-corrected chi connectivity index (χ1v) is 8.29. The van der Waals surface area contributed by atoms with Crippen LogP contribution in [0.5, 0.6) is 0 Å². The van der Waals surface area contributed by atoms with Crippen molar-refractivity contribution in [2.75, 3.05) is 26.1 Å². The molecule has 0 aliphatic carbocycles. The molecule has 7 heteroatoms. The number of methoxy groups -OCH3 is 2. The number of nitrogens with one attached hydrogen (secondary N) is 2. The van der Waals surface area contributed by atoms with Crippen LogP contribution in [0.4, 0.5) is 5.69 Å². The van der Waals surface area contributed by atoms with Crippen LogP contribution in [0.15, 0.2) is 42.5 Å². The normalized spacial score (nSPS) is 10.2. The van der Waals surface area contributed by atoms with Crippen LogP contribution in [0, 0.1) is 6.92 Å². The van der Waals surface area contributed by atoms with E-state index in [1.165, 1.54) is 20.3 Å². The second kappa shape index (κ2) is 9.49. The van der Waals surface area contributed by atoms with Crippen molar-refractivity contribution in [2.24, 2.45) is 0 Å². The van der Waals surface area contributed by atoms with E-state index in [9.17, 15) is 14.4 Å². The van der Waals surface area contributed by atoms with Crippen LogP contribution >= 0.6 is 0 Å². The van der Waals surface area contributed by atoms with Gasteiger partial charge in [0.25, 0.3) is 5.91 Å². The van der Waals surface area contributed by atoms with E-state index in [-0.39, 0.29) is 30.5 Å². The average Bonchev–Trinajstić information content (AvgIpc) is 2.66. The maximum absolute atomic E-state index is 12.3. The zero-order valence-corrected chi connectivity index (χ0v) is 15.5. The van der Waals surface area contributed by atoms with Gasteiger partial charge in [-0.15, -0.1) is 0 Å². The third-order valence-electron chi connectivity index (χ3n) is 3.74. The highest BCUT2D eigenvalue weighted by atomic mass is 16.5. The van der Waals surface area contributed by atoms with E-state index in [2.05, 4.69) is 10.6 Å².